The van der Waals surface area contributed by atoms with E-state index in [0.717, 1.165) is 0 Å². The molecule has 66 valence electrons. The summed E-state index contributed by atoms with van der Waals surface area (Å²) in [6.45, 7) is 1.63. The van der Waals surface area contributed by atoms with Crippen molar-refractivity contribution in [3.05, 3.63) is 33.8 Å². The molecular formula is C6H10N4O2. The lowest BCUT2D eigenvalue weighted by molar-refractivity contribution is -0.419. The van der Waals surface area contributed by atoms with Crippen LogP contribution in [0, 0.1) is 10.1 Å². The first-order chi connectivity index (χ1) is 5.43. The second-order valence-electron chi connectivity index (χ2n) is 2.77. The van der Waals surface area contributed by atoms with E-state index in [1.807, 2.05) is 0 Å². The van der Waals surface area contributed by atoms with Gasteiger partial charge < -0.3 is 16.8 Å². The third kappa shape index (κ3) is 1.37. The zero-order valence-corrected chi connectivity index (χ0v) is 6.57. The molecule has 1 unspecified atom stereocenters. The zero-order valence-electron chi connectivity index (χ0n) is 6.57. The highest BCUT2D eigenvalue weighted by Gasteiger charge is 2.26. The molecule has 0 aromatic rings. The lowest BCUT2D eigenvalue weighted by Gasteiger charge is -2.27. The largest absolute Gasteiger partial charge is 0.399 e. The highest BCUT2D eigenvalue weighted by molar-refractivity contribution is 5.27. The molecule has 0 aromatic carbocycles. The van der Waals surface area contributed by atoms with Crippen LogP contribution in [0.2, 0.25) is 0 Å². The van der Waals surface area contributed by atoms with Crippen molar-refractivity contribution < 1.29 is 4.92 Å². The Labute approximate surface area is 69.1 Å². The van der Waals surface area contributed by atoms with Gasteiger partial charge in [0.25, 0.3) is 5.70 Å². The van der Waals surface area contributed by atoms with E-state index >= 15 is 0 Å². The molecule has 0 radical (unpaired) electrons. The highest BCUT2D eigenvalue weighted by Crippen LogP contribution is 2.13. The summed E-state index contributed by atoms with van der Waals surface area (Å²) in [5, 5.41) is 12.9. The summed E-state index contributed by atoms with van der Waals surface area (Å²) in [6, 6.07) is 0. The Morgan fingerprint density at radius 3 is 2.75 bits per heavy atom. The molecule has 1 aliphatic heterocycles. The van der Waals surface area contributed by atoms with Crippen LogP contribution in [0.5, 0.6) is 0 Å². The van der Waals surface area contributed by atoms with Crippen LogP contribution in [-0.4, -0.2) is 10.6 Å². The minimum atomic E-state index is -0.889. The molecule has 1 rings (SSSR count). The van der Waals surface area contributed by atoms with Gasteiger partial charge in [-0.25, -0.2) is 0 Å². The molecule has 0 saturated carbocycles. The smallest absolute Gasteiger partial charge is 0.286 e. The molecule has 6 nitrogen and oxygen atoms in total. The van der Waals surface area contributed by atoms with E-state index in [1.54, 1.807) is 6.92 Å². The number of allylic oxidation sites excluding steroid dienone is 1. The number of rotatable bonds is 1. The molecule has 6 heteroatoms. The topological polar surface area (TPSA) is 107 Å². The number of nitrogens with zero attached hydrogens (tertiary/aromatic N) is 1. The highest BCUT2D eigenvalue weighted by atomic mass is 16.6. The van der Waals surface area contributed by atoms with Crippen LogP contribution in [0.15, 0.2) is 23.7 Å². The van der Waals surface area contributed by atoms with E-state index in [1.165, 1.54) is 12.3 Å². The first-order valence-electron chi connectivity index (χ1n) is 3.32. The van der Waals surface area contributed by atoms with Gasteiger partial charge in [0, 0.05) is 6.08 Å². The van der Waals surface area contributed by atoms with Crippen LogP contribution in [0.25, 0.3) is 0 Å². The number of nitrogens with two attached hydrogens (primary N) is 2. The molecule has 0 aromatic heterocycles. The van der Waals surface area contributed by atoms with Gasteiger partial charge in [0.2, 0.25) is 0 Å². The number of nitro groups is 1. The zero-order chi connectivity index (χ0) is 9.35. The molecule has 0 aliphatic carbocycles. The van der Waals surface area contributed by atoms with Crippen LogP contribution >= 0.6 is 0 Å². The van der Waals surface area contributed by atoms with Crippen molar-refractivity contribution in [3.8, 4) is 0 Å². The Hall–Kier alpha value is -1.56. The maximum atomic E-state index is 10.3. The van der Waals surface area contributed by atoms with E-state index in [2.05, 4.69) is 5.32 Å². The fourth-order valence-corrected chi connectivity index (χ4v) is 0.764. The summed E-state index contributed by atoms with van der Waals surface area (Å²) >= 11 is 0. The first-order valence-corrected chi connectivity index (χ1v) is 3.32. The average Bonchev–Trinajstić information content (AvgIpc) is 1.94. The second-order valence-corrected chi connectivity index (χ2v) is 2.77. The Kier molecular flexibility index (Phi) is 1.77. The van der Waals surface area contributed by atoms with E-state index in [9.17, 15) is 10.1 Å². The maximum absolute atomic E-state index is 10.3. The van der Waals surface area contributed by atoms with E-state index in [0.29, 0.717) is 0 Å². The average molecular weight is 170 g/mol. The first kappa shape index (κ1) is 8.54. The quantitative estimate of drug-likeness (QED) is 0.353. The summed E-state index contributed by atoms with van der Waals surface area (Å²) in [5.41, 5.74) is 10.4. The van der Waals surface area contributed by atoms with Gasteiger partial charge in [-0.15, -0.1) is 0 Å². The molecule has 0 fully saturated rings. The lowest BCUT2D eigenvalue weighted by Crippen LogP contribution is -2.54. The van der Waals surface area contributed by atoms with Crippen LogP contribution in [0.3, 0.4) is 0 Å². The SMILES string of the molecule is CC1(N)NC=C([N+](=O)[O-])C=C1N. The standard InChI is InChI=1S/C6H10N4O2/c1-6(8)5(7)2-4(3-9-6)10(11)12/h2-3,9H,7-8H2,1H3. The van der Waals surface area contributed by atoms with Gasteiger partial charge in [-0.3, -0.25) is 10.1 Å². The van der Waals surface area contributed by atoms with E-state index in [-0.39, 0.29) is 11.4 Å². The second kappa shape index (κ2) is 2.49. The van der Waals surface area contributed by atoms with Gasteiger partial charge in [0.15, 0.2) is 0 Å². The summed E-state index contributed by atoms with van der Waals surface area (Å²) in [4.78, 5) is 9.73. The van der Waals surface area contributed by atoms with Gasteiger partial charge in [0.05, 0.1) is 16.8 Å². The summed E-state index contributed by atoms with van der Waals surface area (Å²) in [6.07, 6.45) is 2.48. The number of dihydropyridines is 1. The van der Waals surface area contributed by atoms with E-state index in [4.69, 9.17) is 11.5 Å². The molecule has 1 aliphatic rings. The van der Waals surface area contributed by atoms with Crippen molar-refractivity contribution in [2.75, 3.05) is 0 Å². The molecule has 0 saturated heterocycles. The summed E-state index contributed by atoms with van der Waals surface area (Å²) in [5.74, 6) is 0. The lowest BCUT2D eigenvalue weighted by atomic mass is 10.1. The molecule has 1 heterocycles. The maximum Gasteiger partial charge on any atom is 0.286 e. The van der Waals surface area contributed by atoms with Gasteiger partial charge >= 0.3 is 0 Å². The molecule has 0 amide bonds. The third-order valence-electron chi connectivity index (χ3n) is 1.63. The Morgan fingerprint density at radius 1 is 1.75 bits per heavy atom. The van der Waals surface area contributed by atoms with Crippen LogP contribution in [0.4, 0.5) is 0 Å². The molecule has 1 atom stereocenters. The Morgan fingerprint density at radius 2 is 2.33 bits per heavy atom. The predicted octanol–water partition coefficient (Wildman–Crippen LogP) is -0.775. The van der Waals surface area contributed by atoms with Crippen LogP contribution < -0.4 is 16.8 Å². The fourth-order valence-electron chi connectivity index (χ4n) is 0.764. The summed E-state index contributed by atoms with van der Waals surface area (Å²) < 4.78 is 0. The number of hydrogen-bond acceptors (Lipinski definition) is 5. The van der Waals surface area contributed by atoms with E-state index < -0.39 is 10.6 Å². The van der Waals surface area contributed by atoms with Crippen molar-refractivity contribution >= 4 is 0 Å². The van der Waals surface area contributed by atoms with Crippen molar-refractivity contribution in [1.82, 2.24) is 5.32 Å². The normalized spacial score (nSPS) is 28.5. The Balaban J connectivity index is 2.93. The number of hydrogen-bond donors (Lipinski definition) is 3. The van der Waals surface area contributed by atoms with Gasteiger partial charge in [-0.2, -0.15) is 0 Å². The Bertz CT molecular complexity index is 279. The third-order valence-corrected chi connectivity index (χ3v) is 1.63. The minimum absolute atomic E-state index is 0.0876. The van der Waals surface area contributed by atoms with Gasteiger partial charge in [-0.1, -0.05) is 0 Å². The summed E-state index contributed by atoms with van der Waals surface area (Å²) in [7, 11) is 0. The monoisotopic (exact) mass is 170 g/mol. The molecule has 12 heavy (non-hydrogen) atoms. The van der Waals surface area contributed by atoms with Crippen LogP contribution in [-0.2, 0) is 0 Å². The molecule has 5 N–H and O–H groups in total. The molecule has 0 bridgehead atoms. The predicted molar refractivity (Wildman–Crippen MR) is 43.1 cm³/mol. The fraction of sp³-hybridized carbons (Fsp3) is 0.333. The van der Waals surface area contributed by atoms with Crippen molar-refractivity contribution in [1.29, 1.82) is 0 Å². The molecular weight excluding hydrogens is 160 g/mol. The van der Waals surface area contributed by atoms with Gasteiger partial charge in [-0.05, 0) is 6.92 Å². The van der Waals surface area contributed by atoms with Crippen molar-refractivity contribution in [3.63, 3.8) is 0 Å². The number of nitrogens with one attached hydrogen (secondary N) is 1. The van der Waals surface area contributed by atoms with Crippen molar-refractivity contribution in [2.24, 2.45) is 11.5 Å². The molecule has 0 spiro atoms. The van der Waals surface area contributed by atoms with Gasteiger partial charge in [0.1, 0.15) is 5.66 Å². The minimum Gasteiger partial charge on any atom is -0.399 e. The van der Waals surface area contributed by atoms with Crippen molar-refractivity contribution in [2.45, 2.75) is 12.6 Å². The van der Waals surface area contributed by atoms with Crippen LogP contribution in [0.1, 0.15) is 6.92 Å².